The lowest BCUT2D eigenvalue weighted by atomic mass is 10.0. The van der Waals surface area contributed by atoms with E-state index >= 15 is 0 Å². The summed E-state index contributed by atoms with van der Waals surface area (Å²) in [5.74, 6) is 0. The molecule has 0 saturated heterocycles. The minimum absolute atomic E-state index is 0.106. The van der Waals surface area contributed by atoms with Gasteiger partial charge in [-0.1, -0.05) is 23.2 Å². The van der Waals surface area contributed by atoms with E-state index in [0.717, 1.165) is 25.1 Å². The Morgan fingerprint density at radius 3 is 2.56 bits per heavy atom. The van der Waals surface area contributed by atoms with Gasteiger partial charge >= 0.3 is 0 Å². The normalized spacial score (nSPS) is 11.6. The van der Waals surface area contributed by atoms with E-state index in [4.69, 9.17) is 28.9 Å². The SMILES string of the molecule is CC(C)(N)CCCNc1ccc(Cl)cc1Cl. The highest BCUT2D eigenvalue weighted by Gasteiger charge is 2.09. The van der Waals surface area contributed by atoms with Crippen molar-refractivity contribution >= 4 is 28.9 Å². The number of nitrogens with one attached hydrogen (secondary N) is 1. The van der Waals surface area contributed by atoms with Gasteiger partial charge in [0.05, 0.1) is 10.7 Å². The first-order chi connectivity index (χ1) is 7.38. The zero-order valence-electron chi connectivity index (χ0n) is 9.69. The van der Waals surface area contributed by atoms with E-state index < -0.39 is 0 Å². The van der Waals surface area contributed by atoms with Crippen molar-refractivity contribution in [2.24, 2.45) is 5.73 Å². The second-order valence-corrected chi connectivity index (χ2v) is 5.49. The minimum Gasteiger partial charge on any atom is -0.384 e. The third-order valence-electron chi connectivity index (χ3n) is 2.24. The Kier molecular flexibility index (Phi) is 4.90. The first-order valence-corrected chi connectivity index (χ1v) is 6.12. The topological polar surface area (TPSA) is 38.0 Å². The van der Waals surface area contributed by atoms with Crippen molar-refractivity contribution in [1.82, 2.24) is 0 Å². The Labute approximate surface area is 107 Å². The molecule has 0 saturated carbocycles. The number of nitrogens with two attached hydrogens (primary N) is 1. The summed E-state index contributed by atoms with van der Waals surface area (Å²) >= 11 is 11.8. The van der Waals surface area contributed by atoms with Crippen molar-refractivity contribution in [3.63, 3.8) is 0 Å². The van der Waals surface area contributed by atoms with Gasteiger partial charge in [0, 0.05) is 17.1 Å². The average Bonchev–Trinajstić information content (AvgIpc) is 2.13. The maximum absolute atomic E-state index is 6.03. The molecular weight excluding hydrogens is 243 g/mol. The van der Waals surface area contributed by atoms with Crippen LogP contribution >= 0.6 is 23.2 Å². The Bertz CT molecular complexity index is 345. The molecule has 0 radical (unpaired) electrons. The van der Waals surface area contributed by atoms with Crippen molar-refractivity contribution in [2.75, 3.05) is 11.9 Å². The molecule has 0 bridgehead atoms. The molecule has 0 aromatic heterocycles. The van der Waals surface area contributed by atoms with Crippen LogP contribution in [0.3, 0.4) is 0 Å². The Balaban J connectivity index is 2.38. The molecule has 0 aliphatic carbocycles. The standard InChI is InChI=1S/C12H18Cl2N2/c1-12(2,15)6-3-7-16-11-5-4-9(13)8-10(11)14/h4-5,8,16H,3,6-7,15H2,1-2H3. The highest BCUT2D eigenvalue weighted by atomic mass is 35.5. The number of halogens is 2. The van der Waals surface area contributed by atoms with Gasteiger partial charge in [-0.15, -0.1) is 0 Å². The van der Waals surface area contributed by atoms with E-state index in [-0.39, 0.29) is 5.54 Å². The second kappa shape index (κ2) is 5.76. The van der Waals surface area contributed by atoms with Crippen LogP contribution in [0.1, 0.15) is 26.7 Å². The fourth-order valence-corrected chi connectivity index (χ4v) is 1.88. The van der Waals surface area contributed by atoms with Crippen LogP contribution in [0, 0.1) is 0 Å². The molecule has 0 amide bonds. The van der Waals surface area contributed by atoms with Gasteiger partial charge in [0.15, 0.2) is 0 Å². The van der Waals surface area contributed by atoms with Crippen LogP contribution in [0.15, 0.2) is 18.2 Å². The monoisotopic (exact) mass is 260 g/mol. The van der Waals surface area contributed by atoms with Crippen LogP contribution < -0.4 is 11.1 Å². The maximum atomic E-state index is 6.03. The fourth-order valence-electron chi connectivity index (χ4n) is 1.40. The van der Waals surface area contributed by atoms with Gasteiger partial charge in [0.1, 0.15) is 0 Å². The van der Waals surface area contributed by atoms with E-state index in [0.29, 0.717) is 10.0 Å². The summed E-state index contributed by atoms with van der Waals surface area (Å²) in [6.45, 7) is 4.92. The molecule has 0 spiro atoms. The van der Waals surface area contributed by atoms with Gasteiger partial charge in [0.2, 0.25) is 0 Å². The van der Waals surface area contributed by atoms with Crippen LogP contribution in [-0.2, 0) is 0 Å². The molecule has 16 heavy (non-hydrogen) atoms. The van der Waals surface area contributed by atoms with E-state index in [1.165, 1.54) is 0 Å². The van der Waals surface area contributed by atoms with Gasteiger partial charge in [-0.05, 0) is 44.9 Å². The van der Waals surface area contributed by atoms with Crippen molar-refractivity contribution in [2.45, 2.75) is 32.2 Å². The van der Waals surface area contributed by atoms with Crippen LogP contribution in [0.5, 0.6) is 0 Å². The highest BCUT2D eigenvalue weighted by molar-refractivity contribution is 6.36. The van der Waals surface area contributed by atoms with Crippen molar-refractivity contribution in [3.05, 3.63) is 28.2 Å². The second-order valence-electron chi connectivity index (χ2n) is 4.64. The first kappa shape index (κ1) is 13.6. The van der Waals surface area contributed by atoms with Crippen molar-refractivity contribution < 1.29 is 0 Å². The summed E-state index contributed by atoms with van der Waals surface area (Å²) in [5, 5.41) is 4.57. The Morgan fingerprint density at radius 1 is 1.31 bits per heavy atom. The van der Waals surface area contributed by atoms with Crippen LogP contribution in [0.4, 0.5) is 5.69 Å². The van der Waals surface area contributed by atoms with E-state index in [9.17, 15) is 0 Å². The summed E-state index contributed by atoms with van der Waals surface area (Å²) in [6, 6.07) is 5.44. The molecule has 0 aliphatic heterocycles. The summed E-state index contributed by atoms with van der Waals surface area (Å²) in [7, 11) is 0. The molecule has 0 fully saturated rings. The van der Waals surface area contributed by atoms with Gasteiger partial charge in [-0.3, -0.25) is 0 Å². The quantitative estimate of drug-likeness (QED) is 0.788. The summed E-state index contributed by atoms with van der Waals surface area (Å²) < 4.78 is 0. The van der Waals surface area contributed by atoms with E-state index in [1.54, 1.807) is 6.07 Å². The summed E-state index contributed by atoms with van der Waals surface area (Å²) in [5.41, 5.74) is 6.71. The zero-order chi connectivity index (χ0) is 12.2. The maximum Gasteiger partial charge on any atom is 0.0652 e. The average molecular weight is 261 g/mol. The molecule has 1 aromatic rings. The van der Waals surface area contributed by atoms with Gasteiger partial charge in [-0.2, -0.15) is 0 Å². The molecule has 90 valence electrons. The van der Waals surface area contributed by atoms with E-state index in [1.807, 2.05) is 26.0 Å². The van der Waals surface area contributed by atoms with Gasteiger partial charge < -0.3 is 11.1 Å². The number of hydrogen-bond donors (Lipinski definition) is 2. The fraction of sp³-hybridized carbons (Fsp3) is 0.500. The third kappa shape index (κ3) is 5.06. The molecule has 0 heterocycles. The smallest absolute Gasteiger partial charge is 0.0652 e. The predicted molar refractivity (Wildman–Crippen MR) is 72.5 cm³/mol. The third-order valence-corrected chi connectivity index (χ3v) is 2.79. The lowest BCUT2D eigenvalue weighted by Gasteiger charge is -2.18. The van der Waals surface area contributed by atoms with Gasteiger partial charge in [-0.25, -0.2) is 0 Å². The number of rotatable bonds is 5. The van der Waals surface area contributed by atoms with Crippen LogP contribution in [-0.4, -0.2) is 12.1 Å². The number of anilines is 1. The molecule has 1 rings (SSSR count). The molecule has 2 nitrogen and oxygen atoms in total. The van der Waals surface area contributed by atoms with Crippen LogP contribution in [0.25, 0.3) is 0 Å². The summed E-state index contributed by atoms with van der Waals surface area (Å²) in [6.07, 6.45) is 1.99. The number of benzene rings is 1. The first-order valence-electron chi connectivity index (χ1n) is 5.36. The summed E-state index contributed by atoms with van der Waals surface area (Å²) in [4.78, 5) is 0. The minimum atomic E-state index is -0.106. The lowest BCUT2D eigenvalue weighted by Crippen LogP contribution is -2.32. The molecule has 0 unspecified atom stereocenters. The molecule has 0 atom stereocenters. The number of hydrogen-bond acceptors (Lipinski definition) is 2. The van der Waals surface area contributed by atoms with Crippen LogP contribution in [0.2, 0.25) is 10.0 Å². The van der Waals surface area contributed by atoms with Crippen molar-refractivity contribution in [3.8, 4) is 0 Å². The predicted octanol–water partition coefficient (Wildman–Crippen LogP) is 3.92. The Hall–Kier alpha value is -0.440. The molecule has 4 heteroatoms. The zero-order valence-corrected chi connectivity index (χ0v) is 11.2. The molecule has 0 aliphatic rings. The largest absolute Gasteiger partial charge is 0.384 e. The Morgan fingerprint density at radius 2 is 2.00 bits per heavy atom. The van der Waals surface area contributed by atoms with E-state index in [2.05, 4.69) is 5.32 Å². The highest BCUT2D eigenvalue weighted by Crippen LogP contribution is 2.25. The molecule has 3 N–H and O–H groups in total. The molecule has 1 aromatic carbocycles. The van der Waals surface area contributed by atoms with Gasteiger partial charge in [0.25, 0.3) is 0 Å². The van der Waals surface area contributed by atoms with Crippen molar-refractivity contribution in [1.29, 1.82) is 0 Å². The molecular formula is C12H18Cl2N2. The lowest BCUT2D eigenvalue weighted by molar-refractivity contribution is 0.465.